The lowest BCUT2D eigenvalue weighted by Crippen LogP contribution is -2.36. The first-order chi connectivity index (χ1) is 10.1. The van der Waals surface area contributed by atoms with E-state index in [0.717, 1.165) is 24.9 Å². The number of anilines is 2. The second-order valence-corrected chi connectivity index (χ2v) is 6.36. The van der Waals surface area contributed by atoms with E-state index >= 15 is 0 Å². The standard InChI is InChI=1S/C16H22FN3O/c17-13-5-6-15(14(18)7-13)19-16(21)10-20(8-11-1-2-11)9-12-3-4-12/h5-7,11-12H,1-4,8-10,18H2,(H,19,21). The summed E-state index contributed by atoms with van der Waals surface area (Å²) >= 11 is 0. The first kappa shape index (κ1) is 14.3. The summed E-state index contributed by atoms with van der Waals surface area (Å²) in [4.78, 5) is 14.4. The van der Waals surface area contributed by atoms with E-state index in [2.05, 4.69) is 10.2 Å². The van der Waals surface area contributed by atoms with E-state index in [1.165, 1.54) is 43.9 Å². The van der Waals surface area contributed by atoms with E-state index in [1.54, 1.807) is 0 Å². The molecule has 2 aliphatic rings. The van der Waals surface area contributed by atoms with Gasteiger partial charge in [-0.25, -0.2) is 4.39 Å². The Hall–Kier alpha value is -1.62. The molecule has 4 nitrogen and oxygen atoms in total. The molecule has 0 unspecified atom stereocenters. The molecular formula is C16H22FN3O. The maximum Gasteiger partial charge on any atom is 0.238 e. The van der Waals surface area contributed by atoms with Crippen molar-refractivity contribution >= 4 is 17.3 Å². The lowest BCUT2D eigenvalue weighted by molar-refractivity contribution is -0.117. The fourth-order valence-corrected chi connectivity index (χ4v) is 2.58. The number of hydrogen-bond donors (Lipinski definition) is 2. The van der Waals surface area contributed by atoms with E-state index in [-0.39, 0.29) is 11.6 Å². The lowest BCUT2D eigenvalue weighted by Gasteiger charge is -2.21. The minimum absolute atomic E-state index is 0.0744. The Kier molecular flexibility index (Phi) is 4.10. The molecule has 3 N–H and O–H groups in total. The van der Waals surface area contributed by atoms with Crippen LogP contribution in [0, 0.1) is 17.7 Å². The van der Waals surface area contributed by atoms with Gasteiger partial charge in [-0.05, 0) is 55.7 Å². The van der Waals surface area contributed by atoms with Crippen LogP contribution in [0.5, 0.6) is 0 Å². The number of halogens is 1. The molecule has 0 saturated heterocycles. The van der Waals surface area contributed by atoms with E-state index < -0.39 is 5.82 Å². The molecule has 1 aromatic carbocycles. The molecule has 2 fully saturated rings. The van der Waals surface area contributed by atoms with Crippen molar-refractivity contribution in [2.45, 2.75) is 25.7 Å². The number of nitrogens with zero attached hydrogens (tertiary/aromatic N) is 1. The molecule has 2 saturated carbocycles. The molecular weight excluding hydrogens is 269 g/mol. The summed E-state index contributed by atoms with van der Waals surface area (Å²) in [6.07, 6.45) is 5.14. The highest BCUT2D eigenvalue weighted by Crippen LogP contribution is 2.33. The van der Waals surface area contributed by atoms with Crippen molar-refractivity contribution in [1.29, 1.82) is 0 Å². The van der Waals surface area contributed by atoms with Crippen LogP contribution in [-0.4, -0.2) is 30.4 Å². The minimum Gasteiger partial charge on any atom is -0.397 e. The highest BCUT2D eigenvalue weighted by atomic mass is 19.1. The molecule has 3 rings (SSSR count). The summed E-state index contributed by atoms with van der Waals surface area (Å²) in [5.41, 5.74) is 6.46. The van der Waals surface area contributed by atoms with Gasteiger partial charge in [0.25, 0.3) is 0 Å². The fourth-order valence-electron chi connectivity index (χ4n) is 2.58. The largest absolute Gasteiger partial charge is 0.397 e. The number of nitrogens with one attached hydrogen (secondary N) is 1. The van der Waals surface area contributed by atoms with E-state index in [0.29, 0.717) is 12.2 Å². The Morgan fingerprint density at radius 1 is 1.24 bits per heavy atom. The van der Waals surface area contributed by atoms with Gasteiger partial charge in [-0.2, -0.15) is 0 Å². The fraction of sp³-hybridized carbons (Fsp3) is 0.562. The molecule has 114 valence electrons. The molecule has 0 aromatic heterocycles. The molecule has 1 aromatic rings. The van der Waals surface area contributed by atoms with Gasteiger partial charge in [0.15, 0.2) is 0 Å². The molecule has 0 atom stereocenters. The zero-order chi connectivity index (χ0) is 14.8. The summed E-state index contributed by atoms with van der Waals surface area (Å²) in [6, 6.07) is 4.04. The highest BCUT2D eigenvalue weighted by molar-refractivity contribution is 5.95. The molecule has 1 amide bonds. The van der Waals surface area contributed by atoms with Gasteiger partial charge in [-0.3, -0.25) is 9.69 Å². The first-order valence-corrected chi connectivity index (χ1v) is 7.67. The summed E-state index contributed by atoms with van der Waals surface area (Å²) in [7, 11) is 0. The van der Waals surface area contributed by atoms with Gasteiger partial charge in [0.1, 0.15) is 5.82 Å². The van der Waals surface area contributed by atoms with Crippen LogP contribution in [0.4, 0.5) is 15.8 Å². The van der Waals surface area contributed by atoms with Gasteiger partial charge in [0.05, 0.1) is 17.9 Å². The molecule has 21 heavy (non-hydrogen) atoms. The Labute approximate surface area is 124 Å². The zero-order valence-electron chi connectivity index (χ0n) is 12.1. The second kappa shape index (κ2) is 6.02. The van der Waals surface area contributed by atoms with Crippen molar-refractivity contribution in [2.24, 2.45) is 11.8 Å². The van der Waals surface area contributed by atoms with Crippen molar-refractivity contribution in [1.82, 2.24) is 4.90 Å². The molecule has 0 heterocycles. The van der Waals surface area contributed by atoms with Crippen LogP contribution in [0.2, 0.25) is 0 Å². The third-order valence-corrected chi connectivity index (χ3v) is 4.08. The summed E-state index contributed by atoms with van der Waals surface area (Å²) in [6.45, 7) is 2.43. The first-order valence-electron chi connectivity index (χ1n) is 7.67. The van der Waals surface area contributed by atoms with Gasteiger partial charge in [-0.1, -0.05) is 0 Å². The van der Waals surface area contributed by atoms with Crippen molar-refractivity contribution in [3.8, 4) is 0 Å². The van der Waals surface area contributed by atoms with Crippen molar-refractivity contribution in [3.63, 3.8) is 0 Å². The Morgan fingerprint density at radius 3 is 2.38 bits per heavy atom. The predicted octanol–water partition coefficient (Wildman–Crippen LogP) is 2.47. The van der Waals surface area contributed by atoms with Gasteiger partial charge < -0.3 is 11.1 Å². The molecule has 0 bridgehead atoms. The van der Waals surface area contributed by atoms with Crippen LogP contribution >= 0.6 is 0 Å². The van der Waals surface area contributed by atoms with Gasteiger partial charge in [0, 0.05) is 13.1 Å². The average Bonchev–Trinajstić information content (AvgIpc) is 3.29. The van der Waals surface area contributed by atoms with Crippen LogP contribution in [0.25, 0.3) is 0 Å². The van der Waals surface area contributed by atoms with E-state index in [4.69, 9.17) is 5.73 Å². The van der Waals surface area contributed by atoms with Gasteiger partial charge >= 0.3 is 0 Å². The molecule has 5 heteroatoms. The summed E-state index contributed by atoms with van der Waals surface area (Å²) < 4.78 is 13.0. The molecule has 0 radical (unpaired) electrons. The third kappa shape index (κ3) is 4.43. The normalized spacial score (nSPS) is 18.0. The Balaban J connectivity index is 1.55. The quantitative estimate of drug-likeness (QED) is 0.759. The van der Waals surface area contributed by atoms with Crippen LogP contribution in [0.15, 0.2) is 18.2 Å². The number of benzene rings is 1. The third-order valence-electron chi connectivity index (χ3n) is 4.08. The van der Waals surface area contributed by atoms with Crippen LogP contribution in [0.3, 0.4) is 0 Å². The SMILES string of the molecule is Nc1cc(F)ccc1NC(=O)CN(CC1CC1)CC1CC1. The molecule has 0 spiro atoms. The van der Waals surface area contributed by atoms with Gasteiger partial charge in [0.2, 0.25) is 5.91 Å². The van der Waals surface area contributed by atoms with E-state index in [1.807, 2.05) is 0 Å². The number of carbonyl (C=O) groups excluding carboxylic acids is 1. The number of carbonyl (C=O) groups is 1. The Bertz CT molecular complexity index is 512. The van der Waals surface area contributed by atoms with Crippen molar-refractivity contribution < 1.29 is 9.18 Å². The minimum atomic E-state index is -0.394. The maximum atomic E-state index is 13.0. The smallest absolute Gasteiger partial charge is 0.238 e. The van der Waals surface area contributed by atoms with Crippen molar-refractivity contribution in [2.75, 3.05) is 30.7 Å². The number of amides is 1. The Morgan fingerprint density at radius 2 is 1.86 bits per heavy atom. The lowest BCUT2D eigenvalue weighted by atomic mass is 10.2. The summed E-state index contributed by atoms with van der Waals surface area (Å²) in [5.74, 6) is 1.07. The second-order valence-electron chi connectivity index (χ2n) is 6.36. The number of nitrogen functional groups attached to an aromatic ring is 1. The van der Waals surface area contributed by atoms with Crippen LogP contribution in [0.1, 0.15) is 25.7 Å². The number of nitrogens with two attached hydrogens (primary N) is 1. The highest BCUT2D eigenvalue weighted by Gasteiger charge is 2.30. The van der Waals surface area contributed by atoms with Gasteiger partial charge in [-0.15, -0.1) is 0 Å². The molecule has 2 aliphatic carbocycles. The van der Waals surface area contributed by atoms with Crippen molar-refractivity contribution in [3.05, 3.63) is 24.0 Å². The number of hydrogen-bond acceptors (Lipinski definition) is 3. The van der Waals surface area contributed by atoms with Crippen LogP contribution < -0.4 is 11.1 Å². The number of rotatable bonds is 7. The summed E-state index contributed by atoms with van der Waals surface area (Å²) in [5, 5.41) is 2.78. The monoisotopic (exact) mass is 291 g/mol. The topological polar surface area (TPSA) is 58.4 Å². The average molecular weight is 291 g/mol. The maximum absolute atomic E-state index is 13.0. The zero-order valence-corrected chi connectivity index (χ0v) is 12.1. The van der Waals surface area contributed by atoms with Crippen LogP contribution in [-0.2, 0) is 4.79 Å². The van der Waals surface area contributed by atoms with E-state index in [9.17, 15) is 9.18 Å². The predicted molar refractivity (Wildman–Crippen MR) is 81.3 cm³/mol. The molecule has 0 aliphatic heterocycles.